The monoisotopic (exact) mass is 250 g/mol. The molecule has 1 aromatic rings. The van der Waals surface area contributed by atoms with Crippen molar-refractivity contribution >= 4 is 5.97 Å². The number of alkyl halides is 1. The number of ether oxygens (including phenoxy) is 1. The summed E-state index contributed by atoms with van der Waals surface area (Å²) < 4.78 is 19.7. The Morgan fingerprint density at radius 3 is 3.22 bits per heavy atom. The van der Waals surface area contributed by atoms with Gasteiger partial charge in [0.1, 0.15) is 6.17 Å². The number of aromatic nitrogens is 2. The third kappa shape index (κ3) is 3.06. The summed E-state index contributed by atoms with van der Waals surface area (Å²) in [6.45, 7) is 2.57. The minimum atomic E-state index is -0.918. The molecule has 0 bridgehead atoms. The fraction of sp³-hybridized carbons (Fsp3) is 0.385. The highest BCUT2D eigenvalue weighted by molar-refractivity contribution is 5.86. The minimum absolute atomic E-state index is 0.272. The standard InChI is InChI=1S/C13H15FN2O2/c1-2-18-13(17)12-8-16(9-15-12)7-10-4-3-5-11(14)6-10/h3-4,6,8-9,11H,2,5,7H2,1H3. The highest BCUT2D eigenvalue weighted by atomic mass is 19.1. The lowest BCUT2D eigenvalue weighted by atomic mass is 10.1. The van der Waals surface area contributed by atoms with Crippen LogP contribution in [-0.4, -0.2) is 28.3 Å². The molecule has 0 fully saturated rings. The van der Waals surface area contributed by atoms with Crippen molar-refractivity contribution in [3.05, 3.63) is 42.0 Å². The molecule has 0 aromatic carbocycles. The van der Waals surface area contributed by atoms with Crippen molar-refractivity contribution in [2.75, 3.05) is 6.61 Å². The number of hydrogen-bond acceptors (Lipinski definition) is 3. The molecule has 1 aliphatic carbocycles. The third-order valence-electron chi connectivity index (χ3n) is 2.57. The van der Waals surface area contributed by atoms with Gasteiger partial charge in [-0.05, 0) is 18.6 Å². The first-order valence-corrected chi connectivity index (χ1v) is 5.89. The molecule has 1 aliphatic rings. The van der Waals surface area contributed by atoms with E-state index in [9.17, 15) is 9.18 Å². The molecule has 0 aliphatic heterocycles. The van der Waals surface area contributed by atoms with E-state index in [2.05, 4.69) is 4.98 Å². The number of rotatable bonds is 4. The molecule has 0 spiro atoms. The number of halogens is 1. The number of esters is 1. The molecule has 0 saturated heterocycles. The lowest BCUT2D eigenvalue weighted by molar-refractivity contribution is 0.0520. The van der Waals surface area contributed by atoms with Crippen LogP contribution in [0.5, 0.6) is 0 Å². The van der Waals surface area contributed by atoms with Crippen molar-refractivity contribution in [2.24, 2.45) is 0 Å². The molecule has 4 nitrogen and oxygen atoms in total. The normalized spacial score (nSPS) is 18.6. The summed E-state index contributed by atoms with van der Waals surface area (Å²) >= 11 is 0. The summed E-state index contributed by atoms with van der Waals surface area (Å²) in [6.07, 6.45) is 7.95. The highest BCUT2D eigenvalue weighted by Crippen LogP contribution is 2.15. The maximum atomic E-state index is 13.1. The molecule has 1 aromatic heterocycles. The fourth-order valence-corrected chi connectivity index (χ4v) is 1.78. The topological polar surface area (TPSA) is 44.1 Å². The second-order valence-corrected chi connectivity index (χ2v) is 4.05. The molecular formula is C13H15FN2O2. The fourth-order valence-electron chi connectivity index (χ4n) is 1.78. The molecular weight excluding hydrogens is 235 g/mol. The Morgan fingerprint density at radius 2 is 2.50 bits per heavy atom. The molecule has 0 saturated carbocycles. The van der Waals surface area contributed by atoms with Gasteiger partial charge in [0.25, 0.3) is 0 Å². The predicted molar refractivity (Wildman–Crippen MR) is 64.9 cm³/mol. The van der Waals surface area contributed by atoms with Gasteiger partial charge >= 0.3 is 5.97 Å². The predicted octanol–water partition coefficient (Wildman–Crippen LogP) is 2.28. The lowest BCUT2D eigenvalue weighted by Gasteiger charge is -2.10. The molecule has 1 atom stereocenters. The van der Waals surface area contributed by atoms with Crippen LogP contribution in [0, 0.1) is 0 Å². The number of allylic oxidation sites excluding steroid dienone is 4. The Balaban J connectivity index is 2.02. The van der Waals surface area contributed by atoms with Crippen molar-refractivity contribution in [1.82, 2.24) is 9.55 Å². The Kier molecular flexibility index (Phi) is 3.92. The van der Waals surface area contributed by atoms with E-state index in [1.54, 1.807) is 30.1 Å². The second kappa shape index (κ2) is 5.62. The number of nitrogens with zero attached hydrogens (tertiary/aromatic N) is 2. The van der Waals surface area contributed by atoms with Crippen LogP contribution in [0.4, 0.5) is 4.39 Å². The number of carbonyl (C=O) groups excluding carboxylic acids is 1. The van der Waals surface area contributed by atoms with Gasteiger partial charge < -0.3 is 9.30 Å². The molecule has 18 heavy (non-hydrogen) atoms. The summed E-state index contributed by atoms with van der Waals surface area (Å²) in [6, 6.07) is 0. The van der Waals surface area contributed by atoms with E-state index in [0.717, 1.165) is 5.57 Å². The van der Waals surface area contributed by atoms with Crippen LogP contribution in [0.1, 0.15) is 23.8 Å². The third-order valence-corrected chi connectivity index (χ3v) is 2.57. The highest BCUT2D eigenvalue weighted by Gasteiger charge is 2.11. The SMILES string of the molecule is CCOC(=O)c1cn(CC2=CC(F)CC=C2)cn1. The lowest BCUT2D eigenvalue weighted by Crippen LogP contribution is -2.06. The smallest absolute Gasteiger partial charge is 0.358 e. The van der Waals surface area contributed by atoms with Crippen LogP contribution in [0.25, 0.3) is 0 Å². The molecule has 96 valence electrons. The molecule has 2 rings (SSSR count). The van der Waals surface area contributed by atoms with E-state index < -0.39 is 12.1 Å². The van der Waals surface area contributed by atoms with Crippen LogP contribution >= 0.6 is 0 Å². The van der Waals surface area contributed by atoms with Crippen LogP contribution in [0.2, 0.25) is 0 Å². The van der Waals surface area contributed by atoms with E-state index in [-0.39, 0.29) is 5.69 Å². The first-order valence-electron chi connectivity index (χ1n) is 5.89. The van der Waals surface area contributed by atoms with E-state index in [1.165, 1.54) is 0 Å². The average Bonchev–Trinajstić information content (AvgIpc) is 2.78. The Bertz CT molecular complexity index is 491. The van der Waals surface area contributed by atoms with Gasteiger partial charge in [-0.25, -0.2) is 14.2 Å². The van der Waals surface area contributed by atoms with Gasteiger partial charge in [0.2, 0.25) is 0 Å². The van der Waals surface area contributed by atoms with Gasteiger partial charge in [-0.15, -0.1) is 0 Å². The number of carbonyl (C=O) groups is 1. The van der Waals surface area contributed by atoms with Crippen LogP contribution in [-0.2, 0) is 11.3 Å². The van der Waals surface area contributed by atoms with E-state index >= 15 is 0 Å². The van der Waals surface area contributed by atoms with Gasteiger partial charge in [0, 0.05) is 19.2 Å². The quantitative estimate of drug-likeness (QED) is 0.770. The first kappa shape index (κ1) is 12.5. The van der Waals surface area contributed by atoms with E-state index in [4.69, 9.17) is 4.74 Å². The second-order valence-electron chi connectivity index (χ2n) is 4.05. The zero-order valence-electron chi connectivity index (χ0n) is 10.2. The number of hydrogen-bond donors (Lipinski definition) is 0. The Labute approximate surface area is 105 Å². The molecule has 0 amide bonds. The van der Waals surface area contributed by atoms with Crippen molar-refractivity contribution in [3.63, 3.8) is 0 Å². The van der Waals surface area contributed by atoms with Crippen molar-refractivity contribution in [1.29, 1.82) is 0 Å². The first-order chi connectivity index (χ1) is 8.69. The Hall–Kier alpha value is -1.91. The van der Waals surface area contributed by atoms with Crippen LogP contribution in [0.15, 0.2) is 36.3 Å². The van der Waals surface area contributed by atoms with Crippen molar-refractivity contribution in [2.45, 2.75) is 26.1 Å². The average molecular weight is 250 g/mol. The van der Waals surface area contributed by atoms with Gasteiger partial charge in [-0.3, -0.25) is 0 Å². The molecule has 5 heteroatoms. The van der Waals surface area contributed by atoms with Crippen LogP contribution < -0.4 is 0 Å². The molecule has 1 heterocycles. The van der Waals surface area contributed by atoms with E-state index in [1.807, 2.05) is 12.2 Å². The summed E-state index contributed by atoms with van der Waals surface area (Å²) in [5.41, 5.74) is 1.15. The molecule has 0 radical (unpaired) electrons. The largest absolute Gasteiger partial charge is 0.461 e. The maximum absolute atomic E-state index is 13.1. The van der Waals surface area contributed by atoms with Gasteiger partial charge in [-0.1, -0.05) is 12.2 Å². The molecule has 1 unspecified atom stereocenters. The van der Waals surface area contributed by atoms with Crippen molar-refractivity contribution < 1.29 is 13.9 Å². The summed E-state index contributed by atoms with van der Waals surface area (Å²) in [5, 5.41) is 0. The zero-order chi connectivity index (χ0) is 13.0. The summed E-state index contributed by atoms with van der Waals surface area (Å²) in [4.78, 5) is 15.4. The van der Waals surface area contributed by atoms with Gasteiger partial charge in [0.05, 0.1) is 12.9 Å². The van der Waals surface area contributed by atoms with Crippen molar-refractivity contribution in [3.8, 4) is 0 Å². The van der Waals surface area contributed by atoms with E-state index in [0.29, 0.717) is 19.6 Å². The zero-order valence-corrected chi connectivity index (χ0v) is 10.2. The maximum Gasteiger partial charge on any atom is 0.358 e. The van der Waals surface area contributed by atoms with Gasteiger partial charge in [-0.2, -0.15) is 0 Å². The Morgan fingerprint density at radius 1 is 1.67 bits per heavy atom. The summed E-state index contributed by atoms with van der Waals surface area (Å²) in [7, 11) is 0. The number of imidazole rings is 1. The minimum Gasteiger partial charge on any atom is -0.461 e. The van der Waals surface area contributed by atoms with Gasteiger partial charge in [0.15, 0.2) is 5.69 Å². The molecule has 0 N–H and O–H groups in total. The summed E-state index contributed by atoms with van der Waals surface area (Å²) in [5.74, 6) is -0.437. The van der Waals surface area contributed by atoms with Crippen LogP contribution in [0.3, 0.4) is 0 Å².